The quantitative estimate of drug-likeness (QED) is 0.389. The lowest BCUT2D eigenvalue weighted by Crippen LogP contribution is -2.50. The maximum atomic E-state index is 13.5. The molecule has 2 saturated carbocycles. The second-order valence-corrected chi connectivity index (χ2v) is 12.3. The van der Waals surface area contributed by atoms with Crippen LogP contribution in [0.4, 0.5) is 15.3 Å². The molecule has 3 atom stereocenters. The van der Waals surface area contributed by atoms with Gasteiger partial charge in [-0.2, -0.15) is 0 Å². The van der Waals surface area contributed by atoms with Crippen LogP contribution in [-0.2, 0) is 11.2 Å². The summed E-state index contributed by atoms with van der Waals surface area (Å²) in [6.45, 7) is 4.43. The molecule has 5 amide bonds. The molecule has 2 aliphatic carbocycles. The Morgan fingerprint density at radius 1 is 1.05 bits per heavy atom. The van der Waals surface area contributed by atoms with Gasteiger partial charge in [-0.25, -0.2) is 9.59 Å². The van der Waals surface area contributed by atoms with Crippen LogP contribution in [0.25, 0.3) is 0 Å². The molecule has 0 bridgehead atoms. The zero-order chi connectivity index (χ0) is 29.4. The number of carbonyl (C=O) groups is 3. The summed E-state index contributed by atoms with van der Waals surface area (Å²) in [6.07, 6.45) is 10.7. The molecule has 10 heteroatoms. The van der Waals surface area contributed by atoms with E-state index >= 15 is 0 Å². The van der Waals surface area contributed by atoms with Crippen LogP contribution in [0, 0.1) is 5.92 Å². The number of aliphatic hydroxyl groups is 1. The summed E-state index contributed by atoms with van der Waals surface area (Å²) in [6, 6.07) is 5.04. The Hall–Kier alpha value is -3.01. The lowest BCUT2D eigenvalue weighted by atomic mass is 9.96. The maximum Gasteiger partial charge on any atom is 0.319 e. The van der Waals surface area contributed by atoms with Gasteiger partial charge in [-0.05, 0) is 50.8 Å². The number of ether oxygens (including phenoxy) is 1. The molecule has 41 heavy (non-hydrogen) atoms. The second kappa shape index (κ2) is 14.8. The standard InChI is InChI=1S/C31H49N5O5/c1-21-18-36(22(2)20-37)29(38)17-23-16-26(33-30(39)32-24-10-6-4-7-11-24)14-15-27(23)41-28(21)19-35(3)31(40)34-25-12-8-5-9-13-25/h14-16,21-22,24-25,28,37H,4-13,17-20H2,1-3H3,(H,34,40)(H2,32,33,39)/t21-,22-,28-/m0/s1. The molecule has 4 N–H and O–H groups in total. The fourth-order valence-corrected chi connectivity index (χ4v) is 6.21. The van der Waals surface area contributed by atoms with Gasteiger partial charge in [0.1, 0.15) is 11.9 Å². The van der Waals surface area contributed by atoms with Gasteiger partial charge in [-0.1, -0.05) is 45.4 Å². The molecule has 10 nitrogen and oxygen atoms in total. The first-order valence-electron chi connectivity index (χ1n) is 15.5. The van der Waals surface area contributed by atoms with Crippen molar-refractivity contribution >= 4 is 23.7 Å². The van der Waals surface area contributed by atoms with Crippen molar-refractivity contribution in [1.82, 2.24) is 20.4 Å². The van der Waals surface area contributed by atoms with E-state index in [0.717, 1.165) is 51.4 Å². The minimum absolute atomic E-state index is 0.0802. The van der Waals surface area contributed by atoms with E-state index in [1.54, 1.807) is 35.0 Å². The van der Waals surface area contributed by atoms with Crippen molar-refractivity contribution in [2.24, 2.45) is 5.92 Å². The van der Waals surface area contributed by atoms with E-state index < -0.39 is 0 Å². The van der Waals surface area contributed by atoms with Gasteiger partial charge in [0, 0.05) is 42.8 Å². The molecule has 0 saturated heterocycles. The van der Waals surface area contributed by atoms with Gasteiger partial charge in [0.25, 0.3) is 0 Å². The number of nitrogens with zero attached hydrogens (tertiary/aromatic N) is 2. The Morgan fingerprint density at radius 2 is 1.68 bits per heavy atom. The Labute approximate surface area is 244 Å². The van der Waals surface area contributed by atoms with Crippen molar-refractivity contribution in [2.45, 2.75) is 109 Å². The minimum atomic E-state index is -0.386. The van der Waals surface area contributed by atoms with Gasteiger partial charge in [-0.3, -0.25) is 4.79 Å². The van der Waals surface area contributed by atoms with Gasteiger partial charge in [0.15, 0.2) is 0 Å². The summed E-state index contributed by atoms with van der Waals surface area (Å²) in [5.41, 5.74) is 1.25. The Bertz CT molecular complexity index is 1040. The molecule has 4 rings (SSSR count). The minimum Gasteiger partial charge on any atom is -0.488 e. The van der Waals surface area contributed by atoms with Crippen LogP contribution in [0.1, 0.15) is 83.6 Å². The van der Waals surface area contributed by atoms with E-state index in [4.69, 9.17) is 4.74 Å². The predicted octanol–water partition coefficient (Wildman–Crippen LogP) is 4.26. The highest BCUT2D eigenvalue weighted by Crippen LogP contribution is 2.29. The second-order valence-electron chi connectivity index (χ2n) is 12.3. The fraction of sp³-hybridized carbons (Fsp3) is 0.710. The first-order chi connectivity index (χ1) is 19.7. The van der Waals surface area contributed by atoms with E-state index in [1.165, 1.54) is 12.8 Å². The van der Waals surface area contributed by atoms with Crippen LogP contribution in [-0.4, -0.2) is 83.8 Å². The number of hydrogen-bond acceptors (Lipinski definition) is 5. The smallest absolute Gasteiger partial charge is 0.319 e. The predicted molar refractivity (Wildman–Crippen MR) is 159 cm³/mol. The van der Waals surface area contributed by atoms with Crippen molar-refractivity contribution in [3.05, 3.63) is 23.8 Å². The van der Waals surface area contributed by atoms with E-state index in [1.807, 2.05) is 13.8 Å². The summed E-state index contributed by atoms with van der Waals surface area (Å²) in [5.74, 6) is 0.340. The SMILES string of the molecule is C[C@H]1CN([C@@H](C)CO)C(=O)Cc2cc(NC(=O)NC3CCCCC3)ccc2O[C@H]1CN(C)C(=O)NC1CCCCC1. The number of amides is 5. The highest BCUT2D eigenvalue weighted by molar-refractivity contribution is 5.90. The largest absolute Gasteiger partial charge is 0.488 e. The lowest BCUT2D eigenvalue weighted by molar-refractivity contribution is -0.134. The normalized spacial score (nSPS) is 23.2. The van der Waals surface area contributed by atoms with Crippen LogP contribution >= 0.6 is 0 Å². The van der Waals surface area contributed by atoms with E-state index in [-0.39, 0.29) is 61.1 Å². The fourth-order valence-electron chi connectivity index (χ4n) is 6.21. The Morgan fingerprint density at radius 3 is 2.32 bits per heavy atom. The number of hydrogen-bond donors (Lipinski definition) is 4. The third-order valence-corrected chi connectivity index (χ3v) is 8.85. The zero-order valence-corrected chi connectivity index (χ0v) is 25.0. The number of aliphatic hydroxyl groups excluding tert-OH is 1. The van der Waals surface area contributed by atoms with Gasteiger partial charge in [-0.15, -0.1) is 0 Å². The van der Waals surface area contributed by atoms with Crippen molar-refractivity contribution < 1.29 is 24.2 Å². The topological polar surface area (TPSA) is 123 Å². The Balaban J connectivity index is 1.50. The molecular formula is C31H49N5O5. The van der Waals surface area contributed by atoms with Gasteiger partial charge < -0.3 is 35.6 Å². The summed E-state index contributed by atoms with van der Waals surface area (Å²) in [7, 11) is 1.78. The molecule has 228 valence electrons. The van der Waals surface area contributed by atoms with Crippen molar-refractivity contribution in [2.75, 3.05) is 32.1 Å². The van der Waals surface area contributed by atoms with E-state index in [2.05, 4.69) is 16.0 Å². The summed E-state index contributed by atoms with van der Waals surface area (Å²) in [4.78, 5) is 42.6. The van der Waals surface area contributed by atoms with Crippen molar-refractivity contribution in [3.8, 4) is 5.75 Å². The summed E-state index contributed by atoms with van der Waals surface area (Å²) in [5, 5.41) is 19.1. The number of nitrogens with one attached hydrogen (secondary N) is 3. The first-order valence-corrected chi connectivity index (χ1v) is 15.5. The first kappa shape index (κ1) is 30.9. The average Bonchev–Trinajstić information content (AvgIpc) is 3.01. The summed E-state index contributed by atoms with van der Waals surface area (Å²) < 4.78 is 6.54. The van der Waals surface area contributed by atoms with Crippen molar-refractivity contribution in [3.63, 3.8) is 0 Å². The molecule has 0 radical (unpaired) electrons. The molecule has 3 aliphatic rings. The maximum absolute atomic E-state index is 13.5. The number of urea groups is 2. The van der Waals surface area contributed by atoms with Crippen LogP contribution in [0.2, 0.25) is 0 Å². The molecule has 1 aromatic carbocycles. The third kappa shape index (κ3) is 8.74. The highest BCUT2D eigenvalue weighted by atomic mass is 16.5. The lowest BCUT2D eigenvalue weighted by Gasteiger charge is -2.34. The van der Waals surface area contributed by atoms with Crippen molar-refractivity contribution in [1.29, 1.82) is 0 Å². The van der Waals surface area contributed by atoms with Gasteiger partial charge in [0.05, 0.1) is 25.6 Å². The third-order valence-electron chi connectivity index (χ3n) is 8.85. The number of anilines is 1. The number of fused-ring (bicyclic) bond motifs is 1. The van der Waals surface area contributed by atoms with Gasteiger partial charge in [0.2, 0.25) is 5.91 Å². The van der Waals surface area contributed by atoms with Crippen LogP contribution in [0.15, 0.2) is 18.2 Å². The number of carbonyl (C=O) groups excluding carboxylic acids is 3. The van der Waals surface area contributed by atoms with Gasteiger partial charge >= 0.3 is 12.1 Å². The molecule has 2 fully saturated rings. The number of rotatable bonds is 7. The number of benzene rings is 1. The molecule has 0 aromatic heterocycles. The monoisotopic (exact) mass is 571 g/mol. The highest BCUT2D eigenvalue weighted by Gasteiger charge is 2.32. The molecule has 1 aromatic rings. The number of likely N-dealkylation sites (N-methyl/N-ethyl adjacent to an activating group) is 1. The molecule has 0 unspecified atom stereocenters. The Kier molecular flexibility index (Phi) is 11.1. The van der Waals surface area contributed by atoms with Crippen LogP contribution in [0.3, 0.4) is 0 Å². The van der Waals surface area contributed by atoms with E-state index in [9.17, 15) is 19.5 Å². The molecule has 1 aliphatic heterocycles. The van der Waals surface area contributed by atoms with E-state index in [0.29, 0.717) is 30.1 Å². The van der Waals surface area contributed by atoms with Crippen LogP contribution in [0.5, 0.6) is 5.75 Å². The van der Waals surface area contributed by atoms with Crippen LogP contribution < -0.4 is 20.7 Å². The molecular weight excluding hydrogens is 522 g/mol. The summed E-state index contributed by atoms with van der Waals surface area (Å²) >= 11 is 0. The molecule has 0 spiro atoms. The average molecular weight is 572 g/mol. The molecule has 1 heterocycles. The zero-order valence-electron chi connectivity index (χ0n) is 25.0.